The van der Waals surface area contributed by atoms with Gasteiger partial charge >= 0.3 is 5.97 Å². The molecule has 0 saturated carbocycles. The Labute approximate surface area is 86.2 Å². The van der Waals surface area contributed by atoms with Crippen LogP contribution in [0, 0.1) is 0 Å². The minimum atomic E-state index is -0.687. The highest BCUT2D eigenvalue weighted by atomic mass is 16.4. The van der Waals surface area contributed by atoms with Crippen molar-refractivity contribution in [1.29, 1.82) is 0 Å². The maximum absolute atomic E-state index is 10.2. The molecule has 82 valence electrons. The van der Waals surface area contributed by atoms with Gasteiger partial charge in [-0.05, 0) is 19.3 Å². The molecule has 0 saturated heterocycles. The molecule has 0 aromatic heterocycles. The zero-order valence-electron chi connectivity index (χ0n) is 9.01. The lowest BCUT2D eigenvalue weighted by atomic mass is 10.1. The van der Waals surface area contributed by atoms with Gasteiger partial charge in [-0.2, -0.15) is 0 Å². The van der Waals surface area contributed by atoms with Crippen LogP contribution in [0.2, 0.25) is 0 Å². The minimum absolute atomic E-state index is 0.309. The fourth-order valence-electron chi connectivity index (χ4n) is 1.27. The highest BCUT2D eigenvalue weighted by Crippen LogP contribution is 2.09. The minimum Gasteiger partial charge on any atom is -0.481 e. The van der Waals surface area contributed by atoms with E-state index in [-0.39, 0.29) is 0 Å². The van der Waals surface area contributed by atoms with Crippen molar-refractivity contribution in [2.24, 2.45) is 0 Å². The molecule has 0 aliphatic heterocycles. The van der Waals surface area contributed by atoms with E-state index in [1.165, 1.54) is 6.42 Å². The second kappa shape index (κ2) is 8.60. The largest absolute Gasteiger partial charge is 0.481 e. The molecule has 14 heavy (non-hydrogen) atoms. The number of carbonyl (C=O) groups is 1. The van der Waals surface area contributed by atoms with E-state index in [1.54, 1.807) is 0 Å². The molecule has 0 aliphatic rings. The van der Waals surface area contributed by atoms with Crippen molar-refractivity contribution >= 4 is 5.97 Å². The van der Waals surface area contributed by atoms with Crippen LogP contribution in [0.15, 0.2) is 12.3 Å². The lowest BCUT2D eigenvalue weighted by Gasteiger charge is -2.03. The Bertz CT molecular complexity index is 178. The molecular formula is C11H21NO2. The molecular weight excluding hydrogens is 178 g/mol. The molecule has 0 fully saturated rings. The number of hydrogen-bond acceptors (Lipinski definition) is 2. The van der Waals surface area contributed by atoms with Crippen molar-refractivity contribution in [3.8, 4) is 0 Å². The Morgan fingerprint density at radius 1 is 1.14 bits per heavy atom. The second-order valence-corrected chi connectivity index (χ2v) is 3.52. The molecule has 0 spiro atoms. The van der Waals surface area contributed by atoms with Crippen molar-refractivity contribution in [1.82, 2.24) is 5.32 Å². The SMILES string of the molecule is C=C(CCCCCCCC(=O)O)NC. The van der Waals surface area contributed by atoms with Crippen LogP contribution in [0.4, 0.5) is 0 Å². The maximum Gasteiger partial charge on any atom is 0.303 e. The molecule has 0 rings (SSSR count). The first-order valence-corrected chi connectivity index (χ1v) is 5.24. The predicted octanol–water partition coefficient (Wildman–Crippen LogP) is 2.53. The van der Waals surface area contributed by atoms with E-state index >= 15 is 0 Å². The van der Waals surface area contributed by atoms with E-state index in [0.717, 1.165) is 37.8 Å². The summed E-state index contributed by atoms with van der Waals surface area (Å²) < 4.78 is 0. The van der Waals surface area contributed by atoms with Gasteiger partial charge in [-0.3, -0.25) is 4.79 Å². The third-order valence-corrected chi connectivity index (χ3v) is 2.22. The summed E-state index contributed by atoms with van der Waals surface area (Å²) in [5.74, 6) is -0.687. The quantitative estimate of drug-likeness (QED) is 0.561. The Balaban J connectivity index is 3.06. The topological polar surface area (TPSA) is 49.3 Å². The average Bonchev–Trinajstić information content (AvgIpc) is 2.15. The monoisotopic (exact) mass is 199 g/mol. The molecule has 0 amide bonds. The lowest BCUT2D eigenvalue weighted by Crippen LogP contribution is -2.03. The number of carboxylic acids is 1. The van der Waals surface area contributed by atoms with Crippen molar-refractivity contribution in [2.45, 2.75) is 44.9 Å². The zero-order valence-corrected chi connectivity index (χ0v) is 9.01. The van der Waals surface area contributed by atoms with Crippen molar-refractivity contribution in [3.05, 3.63) is 12.3 Å². The van der Waals surface area contributed by atoms with Crippen molar-refractivity contribution in [3.63, 3.8) is 0 Å². The summed E-state index contributed by atoms with van der Waals surface area (Å²) in [4.78, 5) is 10.2. The third-order valence-electron chi connectivity index (χ3n) is 2.22. The highest BCUT2D eigenvalue weighted by molar-refractivity contribution is 5.66. The molecule has 3 nitrogen and oxygen atoms in total. The summed E-state index contributed by atoms with van der Waals surface area (Å²) in [5, 5.41) is 11.4. The van der Waals surface area contributed by atoms with E-state index in [0.29, 0.717) is 6.42 Å². The molecule has 0 aliphatic carbocycles. The van der Waals surface area contributed by atoms with Crippen LogP contribution >= 0.6 is 0 Å². The molecule has 0 radical (unpaired) electrons. The van der Waals surface area contributed by atoms with Gasteiger partial charge < -0.3 is 10.4 Å². The van der Waals surface area contributed by atoms with Crippen LogP contribution in [-0.4, -0.2) is 18.1 Å². The van der Waals surface area contributed by atoms with E-state index in [2.05, 4.69) is 11.9 Å². The first-order valence-electron chi connectivity index (χ1n) is 5.24. The molecule has 3 heteroatoms. The highest BCUT2D eigenvalue weighted by Gasteiger charge is 1.96. The Hall–Kier alpha value is -0.990. The average molecular weight is 199 g/mol. The Kier molecular flexibility index (Phi) is 7.99. The number of hydrogen-bond donors (Lipinski definition) is 2. The van der Waals surface area contributed by atoms with Crippen LogP contribution in [-0.2, 0) is 4.79 Å². The van der Waals surface area contributed by atoms with Gasteiger partial charge in [0.1, 0.15) is 0 Å². The molecule has 0 aromatic carbocycles. The van der Waals surface area contributed by atoms with Crippen LogP contribution in [0.5, 0.6) is 0 Å². The number of carboxylic acid groups (broad SMARTS) is 1. The number of nitrogens with one attached hydrogen (secondary N) is 1. The molecule has 2 N–H and O–H groups in total. The maximum atomic E-state index is 10.2. The summed E-state index contributed by atoms with van der Waals surface area (Å²) in [6.07, 6.45) is 6.61. The van der Waals surface area contributed by atoms with E-state index in [1.807, 2.05) is 7.05 Å². The summed E-state index contributed by atoms with van der Waals surface area (Å²) in [6.45, 7) is 3.84. The number of allylic oxidation sites excluding steroid dienone is 1. The van der Waals surface area contributed by atoms with Crippen molar-refractivity contribution < 1.29 is 9.90 Å². The molecule has 0 atom stereocenters. The fraction of sp³-hybridized carbons (Fsp3) is 0.727. The Morgan fingerprint density at radius 2 is 1.64 bits per heavy atom. The smallest absolute Gasteiger partial charge is 0.303 e. The normalized spacial score (nSPS) is 9.79. The van der Waals surface area contributed by atoms with Gasteiger partial charge in [0.2, 0.25) is 0 Å². The second-order valence-electron chi connectivity index (χ2n) is 3.52. The molecule has 0 bridgehead atoms. The van der Waals surface area contributed by atoms with E-state index in [4.69, 9.17) is 5.11 Å². The van der Waals surface area contributed by atoms with Gasteiger partial charge in [0.15, 0.2) is 0 Å². The number of unbranched alkanes of at least 4 members (excludes halogenated alkanes) is 4. The van der Waals surface area contributed by atoms with Gasteiger partial charge in [0.05, 0.1) is 0 Å². The van der Waals surface area contributed by atoms with Crippen molar-refractivity contribution in [2.75, 3.05) is 7.05 Å². The van der Waals surface area contributed by atoms with E-state index < -0.39 is 5.97 Å². The standard InChI is InChI=1S/C11H21NO2/c1-10(12-2)8-6-4-3-5-7-9-11(13)14/h12H,1,3-9H2,2H3,(H,13,14). The van der Waals surface area contributed by atoms with Gasteiger partial charge in [-0.25, -0.2) is 0 Å². The third kappa shape index (κ3) is 9.10. The van der Waals surface area contributed by atoms with Crippen LogP contribution in [0.1, 0.15) is 44.9 Å². The molecule has 0 heterocycles. The predicted molar refractivity (Wildman–Crippen MR) is 58.2 cm³/mol. The van der Waals surface area contributed by atoms with Gasteiger partial charge in [0, 0.05) is 19.2 Å². The summed E-state index contributed by atoms with van der Waals surface area (Å²) >= 11 is 0. The number of rotatable bonds is 9. The number of aliphatic carboxylic acids is 1. The Morgan fingerprint density at radius 3 is 2.14 bits per heavy atom. The molecule has 0 aromatic rings. The zero-order chi connectivity index (χ0) is 10.8. The molecule has 0 unspecified atom stereocenters. The summed E-state index contributed by atoms with van der Waals surface area (Å²) in [7, 11) is 1.88. The lowest BCUT2D eigenvalue weighted by molar-refractivity contribution is -0.137. The van der Waals surface area contributed by atoms with E-state index in [9.17, 15) is 4.79 Å². The first kappa shape index (κ1) is 13.0. The van der Waals surface area contributed by atoms with Crippen LogP contribution < -0.4 is 5.32 Å². The summed E-state index contributed by atoms with van der Waals surface area (Å²) in [6, 6.07) is 0. The summed E-state index contributed by atoms with van der Waals surface area (Å²) in [5.41, 5.74) is 1.08. The van der Waals surface area contributed by atoms with Gasteiger partial charge in [-0.1, -0.05) is 25.8 Å². The van der Waals surface area contributed by atoms with Gasteiger partial charge in [0.25, 0.3) is 0 Å². The van der Waals surface area contributed by atoms with Crippen LogP contribution in [0.3, 0.4) is 0 Å². The van der Waals surface area contributed by atoms with Gasteiger partial charge in [-0.15, -0.1) is 0 Å². The van der Waals surface area contributed by atoms with Crippen LogP contribution in [0.25, 0.3) is 0 Å². The fourth-order valence-corrected chi connectivity index (χ4v) is 1.27. The first-order chi connectivity index (χ1) is 6.66.